The molecule has 0 bridgehead atoms. The van der Waals surface area contributed by atoms with Gasteiger partial charge < -0.3 is 10.5 Å². The van der Waals surface area contributed by atoms with E-state index in [2.05, 4.69) is 32.0 Å². The van der Waals surface area contributed by atoms with Gasteiger partial charge in [-0.2, -0.15) is 0 Å². The van der Waals surface area contributed by atoms with Gasteiger partial charge in [-0.1, -0.05) is 23.8 Å². The van der Waals surface area contributed by atoms with Crippen molar-refractivity contribution in [3.8, 4) is 0 Å². The zero-order valence-electron chi connectivity index (χ0n) is 11.1. The van der Waals surface area contributed by atoms with E-state index in [-0.39, 0.29) is 12.1 Å². The Morgan fingerprint density at radius 1 is 1.35 bits per heavy atom. The summed E-state index contributed by atoms with van der Waals surface area (Å²) in [6.45, 7) is 7.05. The first kappa shape index (κ1) is 12.6. The Kier molecular flexibility index (Phi) is 3.85. The highest BCUT2D eigenvalue weighted by atomic mass is 16.5. The van der Waals surface area contributed by atoms with Gasteiger partial charge in [0.1, 0.15) is 0 Å². The smallest absolute Gasteiger partial charge is 0.0795 e. The highest BCUT2D eigenvalue weighted by Crippen LogP contribution is 2.39. The molecule has 2 nitrogen and oxygen atoms in total. The van der Waals surface area contributed by atoms with Crippen LogP contribution in [0.2, 0.25) is 0 Å². The average Bonchev–Trinajstić information content (AvgIpc) is 3.09. The summed E-state index contributed by atoms with van der Waals surface area (Å²) < 4.78 is 5.84. The van der Waals surface area contributed by atoms with Gasteiger partial charge in [0.25, 0.3) is 0 Å². The Bertz CT molecular complexity index is 385. The van der Waals surface area contributed by atoms with Crippen LogP contribution in [0.15, 0.2) is 18.2 Å². The van der Waals surface area contributed by atoms with Gasteiger partial charge in [-0.3, -0.25) is 0 Å². The minimum Gasteiger partial charge on any atom is -0.376 e. The first-order chi connectivity index (χ1) is 8.13. The Hall–Kier alpha value is -0.860. The molecule has 94 valence electrons. The summed E-state index contributed by atoms with van der Waals surface area (Å²) in [4.78, 5) is 0. The molecule has 1 aliphatic rings. The molecule has 0 aromatic heterocycles. The molecule has 2 heteroatoms. The van der Waals surface area contributed by atoms with E-state index in [0.29, 0.717) is 5.92 Å². The molecular weight excluding hydrogens is 210 g/mol. The van der Waals surface area contributed by atoms with Gasteiger partial charge in [0.2, 0.25) is 0 Å². The highest BCUT2D eigenvalue weighted by Gasteiger charge is 2.36. The van der Waals surface area contributed by atoms with Crippen LogP contribution < -0.4 is 5.73 Å². The molecule has 0 amide bonds. The van der Waals surface area contributed by atoms with Gasteiger partial charge in [0.15, 0.2) is 0 Å². The molecule has 1 fully saturated rings. The maximum atomic E-state index is 6.39. The lowest BCUT2D eigenvalue weighted by molar-refractivity contribution is 0.0281. The van der Waals surface area contributed by atoms with E-state index in [0.717, 1.165) is 6.61 Å². The van der Waals surface area contributed by atoms with Crippen molar-refractivity contribution < 1.29 is 4.74 Å². The molecule has 2 unspecified atom stereocenters. The predicted octanol–water partition coefficient (Wildman–Crippen LogP) is 3.12. The van der Waals surface area contributed by atoms with E-state index in [1.807, 2.05) is 6.92 Å². The molecule has 1 aliphatic carbocycles. The normalized spacial score (nSPS) is 19.1. The minimum absolute atomic E-state index is 0.0167. The van der Waals surface area contributed by atoms with Crippen LogP contribution >= 0.6 is 0 Å². The van der Waals surface area contributed by atoms with E-state index in [1.165, 1.54) is 29.5 Å². The summed E-state index contributed by atoms with van der Waals surface area (Å²) >= 11 is 0. The number of rotatable bonds is 5. The molecule has 0 saturated heterocycles. The number of nitrogens with two attached hydrogens (primary N) is 1. The molecule has 1 saturated carbocycles. The third-order valence-corrected chi connectivity index (χ3v) is 3.58. The van der Waals surface area contributed by atoms with E-state index in [1.54, 1.807) is 0 Å². The molecule has 17 heavy (non-hydrogen) atoms. The second-order valence-corrected chi connectivity index (χ2v) is 5.14. The van der Waals surface area contributed by atoms with Gasteiger partial charge in [-0.15, -0.1) is 0 Å². The van der Waals surface area contributed by atoms with Crippen LogP contribution in [0, 0.1) is 19.8 Å². The fourth-order valence-electron chi connectivity index (χ4n) is 2.53. The lowest BCUT2D eigenvalue weighted by Gasteiger charge is -2.25. The van der Waals surface area contributed by atoms with Crippen LogP contribution in [0.5, 0.6) is 0 Å². The molecule has 0 spiro atoms. The Balaban J connectivity index is 2.18. The average molecular weight is 233 g/mol. The fourth-order valence-corrected chi connectivity index (χ4v) is 2.53. The summed E-state index contributed by atoms with van der Waals surface area (Å²) in [5, 5.41) is 0. The van der Waals surface area contributed by atoms with Gasteiger partial charge in [0, 0.05) is 6.61 Å². The van der Waals surface area contributed by atoms with Gasteiger partial charge in [-0.05, 0) is 50.7 Å². The number of ether oxygens (including phenoxy) is 1. The van der Waals surface area contributed by atoms with Crippen molar-refractivity contribution >= 4 is 0 Å². The van der Waals surface area contributed by atoms with Crippen LogP contribution in [-0.4, -0.2) is 12.7 Å². The van der Waals surface area contributed by atoms with E-state index < -0.39 is 0 Å². The third-order valence-electron chi connectivity index (χ3n) is 3.58. The minimum atomic E-state index is 0.0167. The first-order valence-corrected chi connectivity index (χ1v) is 6.57. The molecule has 2 atom stereocenters. The molecule has 1 aromatic carbocycles. The monoisotopic (exact) mass is 233 g/mol. The van der Waals surface area contributed by atoms with Crippen molar-refractivity contribution in [1.82, 2.24) is 0 Å². The van der Waals surface area contributed by atoms with Gasteiger partial charge >= 0.3 is 0 Å². The van der Waals surface area contributed by atoms with Crippen LogP contribution in [0.1, 0.15) is 42.5 Å². The Morgan fingerprint density at radius 3 is 2.59 bits per heavy atom. The van der Waals surface area contributed by atoms with E-state index in [4.69, 9.17) is 10.5 Å². The first-order valence-electron chi connectivity index (χ1n) is 6.57. The topological polar surface area (TPSA) is 35.2 Å². The van der Waals surface area contributed by atoms with E-state index >= 15 is 0 Å². The predicted molar refractivity (Wildman–Crippen MR) is 71.0 cm³/mol. The summed E-state index contributed by atoms with van der Waals surface area (Å²) in [6, 6.07) is 6.51. The standard InChI is InChI=1S/C15H23NO/c1-4-17-15(12-6-7-12)14(16)13-8-5-10(2)9-11(13)3/h5,8-9,12,14-15H,4,6-7,16H2,1-3H3. The van der Waals surface area contributed by atoms with Gasteiger partial charge in [-0.25, -0.2) is 0 Å². The second kappa shape index (κ2) is 5.19. The fraction of sp³-hybridized carbons (Fsp3) is 0.600. The molecule has 0 aliphatic heterocycles. The zero-order chi connectivity index (χ0) is 12.4. The quantitative estimate of drug-likeness (QED) is 0.848. The number of benzene rings is 1. The molecule has 2 rings (SSSR count). The third kappa shape index (κ3) is 2.88. The Labute approximate surface area is 104 Å². The van der Waals surface area contributed by atoms with Crippen LogP contribution in [0.25, 0.3) is 0 Å². The lowest BCUT2D eigenvalue weighted by Crippen LogP contribution is -2.31. The molecule has 0 heterocycles. The van der Waals surface area contributed by atoms with Gasteiger partial charge in [0.05, 0.1) is 12.1 Å². The number of hydrogen-bond acceptors (Lipinski definition) is 2. The highest BCUT2D eigenvalue weighted by molar-refractivity contribution is 5.33. The summed E-state index contributed by atoms with van der Waals surface area (Å²) in [5.74, 6) is 0.672. The SMILES string of the molecule is CCOC(C1CC1)C(N)c1ccc(C)cc1C. The zero-order valence-corrected chi connectivity index (χ0v) is 11.1. The maximum absolute atomic E-state index is 6.39. The number of hydrogen-bond donors (Lipinski definition) is 1. The van der Waals surface area contributed by atoms with Crippen molar-refractivity contribution in [3.05, 3.63) is 34.9 Å². The molecular formula is C15H23NO. The van der Waals surface area contributed by atoms with Crippen LogP contribution in [-0.2, 0) is 4.74 Å². The van der Waals surface area contributed by atoms with Crippen LogP contribution in [0.3, 0.4) is 0 Å². The van der Waals surface area contributed by atoms with Crippen molar-refractivity contribution in [2.45, 2.75) is 45.8 Å². The Morgan fingerprint density at radius 2 is 2.06 bits per heavy atom. The van der Waals surface area contributed by atoms with Crippen molar-refractivity contribution in [2.75, 3.05) is 6.61 Å². The maximum Gasteiger partial charge on any atom is 0.0795 e. The van der Waals surface area contributed by atoms with Crippen molar-refractivity contribution in [3.63, 3.8) is 0 Å². The molecule has 1 aromatic rings. The molecule has 0 radical (unpaired) electrons. The van der Waals surface area contributed by atoms with Crippen molar-refractivity contribution in [1.29, 1.82) is 0 Å². The van der Waals surface area contributed by atoms with Crippen LogP contribution in [0.4, 0.5) is 0 Å². The van der Waals surface area contributed by atoms with E-state index in [9.17, 15) is 0 Å². The largest absolute Gasteiger partial charge is 0.376 e. The summed E-state index contributed by atoms with van der Waals surface area (Å²) in [5.41, 5.74) is 10.2. The summed E-state index contributed by atoms with van der Waals surface area (Å²) in [6.07, 6.45) is 2.73. The molecule has 2 N–H and O–H groups in total. The number of aryl methyl sites for hydroxylation is 2. The second-order valence-electron chi connectivity index (χ2n) is 5.14. The summed E-state index contributed by atoms with van der Waals surface area (Å²) in [7, 11) is 0. The van der Waals surface area contributed by atoms with Crippen molar-refractivity contribution in [2.24, 2.45) is 11.7 Å². The lowest BCUT2D eigenvalue weighted by atomic mass is 9.94.